The minimum Gasteiger partial charge on any atom is -0.497 e. The van der Waals surface area contributed by atoms with Gasteiger partial charge in [-0.15, -0.1) is 0 Å². The largest absolute Gasteiger partial charge is 0.497 e. The number of nitriles is 2. The predicted octanol–water partition coefficient (Wildman–Crippen LogP) is 3.15. The van der Waals surface area contributed by atoms with Crippen LogP contribution in [-0.4, -0.2) is 23.6 Å². The van der Waals surface area contributed by atoms with Gasteiger partial charge in [0.05, 0.1) is 18.4 Å². The number of aromatic nitrogens is 1. The number of nitrogens with zero attached hydrogens (tertiary/aromatic N) is 3. The molecule has 0 saturated heterocycles. The molecule has 2 aromatic rings. The number of thioether (sulfide) groups is 1. The summed E-state index contributed by atoms with van der Waals surface area (Å²) in [5.74, 6) is 1.27. The monoisotopic (exact) mass is 364 g/mol. The van der Waals surface area contributed by atoms with Gasteiger partial charge in [0.25, 0.3) is 0 Å². The number of nitrogens with two attached hydrogens (primary N) is 1. The molecule has 0 bridgehead atoms. The van der Waals surface area contributed by atoms with Crippen LogP contribution in [0.3, 0.4) is 0 Å². The second kappa shape index (κ2) is 7.47. The highest BCUT2D eigenvalue weighted by molar-refractivity contribution is 8.00. The topological polar surface area (TPSA) is 113 Å². The summed E-state index contributed by atoms with van der Waals surface area (Å²) in [7, 11) is 1.56. The van der Waals surface area contributed by atoms with Crippen molar-refractivity contribution in [3.63, 3.8) is 0 Å². The van der Waals surface area contributed by atoms with E-state index in [2.05, 4.69) is 11.1 Å². The molecule has 0 spiro atoms. The molecule has 1 aromatic heterocycles. The van der Waals surface area contributed by atoms with E-state index in [0.717, 1.165) is 12.8 Å². The van der Waals surface area contributed by atoms with Crippen molar-refractivity contribution < 1.29 is 9.53 Å². The fraction of sp³-hybridized carbons (Fsp3) is 0.263. The molecule has 6 nitrogen and oxygen atoms in total. The van der Waals surface area contributed by atoms with Crippen LogP contribution in [0.25, 0.3) is 11.1 Å². The molecule has 1 aliphatic carbocycles. The summed E-state index contributed by atoms with van der Waals surface area (Å²) in [6, 6.07) is 11.2. The van der Waals surface area contributed by atoms with Crippen molar-refractivity contribution in [2.75, 3.05) is 18.6 Å². The average Bonchev–Trinajstić information content (AvgIpc) is 3.50. The zero-order valence-corrected chi connectivity index (χ0v) is 15.0. The first-order chi connectivity index (χ1) is 12.6. The van der Waals surface area contributed by atoms with Gasteiger partial charge < -0.3 is 10.5 Å². The lowest BCUT2D eigenvalue weighted by molar-refractivity contribution is -0.117. The van der Waals surface area contributed by atoms with E-state index in [0.29, 0.717) is 21.9 Å². The maximum atomic E-state index is 12.0. The Balaban J connectivity index is 2.06. The van der Waals surface area contributed by atoms with Crippen molar-refractivity contribution >= 4 is 23.4 Å². The van der Waals surface area contributed by atoms with Gasteiger partial charge in [-0.2, -0.15) is 10.5 Å². The maximum absolute atomic E-state index is 12.0. The van der Waals surface area contributed by atoms with E-state index in [4.69, 9.17) is 10.5 Å². The Bertz CT molecular complexity index is 938. The van der Waals surface area contributed by atoms with Crippen LogP contribution in [-0.2, 0) is 4.79 Å². The lowest BCUT2D eigenvalue weighted by Crippen LogP contribution is -2.07. The number of ether oxygens (including phenoxy) is 1. The van der Waals surface area contributed by atoms with Crippen molar-refractivity contribution in [3.05, 3.63) is 35.4 Å². The number of rotatable bonds is 6. The van der Waals surface area contributed by atoms with Gasteiger partial charge in [-0.05, 0) is 30.5 Å². The Morgan fingerprint density at radius 3 is 2.46 bits per heavy atom. The number of carbonyl (C=O) groups excluding carboxylic acids is 1. The van der Waals surface area contributed by atoms with Crippen LogP contribution in [0, 0.1) is 28.6 Å². The van der Waals surface area contributed by atoms with Crippen molar-refractivity contribution in [3.8, 4) is 29.0 Å². The molecule has 7 heteroatoms. The van der Waals surface area contributed by atoms with Gasteiger partial charge in [0.2, 0.25) is 0 Å². The number of carbonyl (C=O) groups is 1. The van der Waals surface area contributed by atoms with Crippen LogP contribution in [0.4, 0.5) is 5.82 Å². The summed E-state index contributed by atoms with van der Waals surface area (Å²) in [4.78, 5) is 16.2. The Kier molecular flexibility index (Phi) is 5.11. The van der Waals surface area contributed by atoms with Crippen LogP contribution in [0.2, 0.25) is 0 Å². The fourth-order valence-electron chi connectivity index (χ4n) is 2.61. The molecule has 0 aliphatic heterocycles. The number of benzene rings is 1. The first-order valence-corrected chi connectivity index (χ1v) is 9.01. The molecule has 0 radical (unpaired) electrons. The van der Waals surface area contributed by atoms with Gasteiger partial charge in [0, 0.05) is 11.5 Å². The highest BCUT2D eigenvalue weighted by Crippen LogP contribution is 2.37. The third-order valence-electron chi connectivity index (χ3n) is 4.18. The molecule has 26 heavy (non-hydrogen) atoms. The van der Waals surface area contributed by atoms with Gasteiger partial charge in [-0.1, -0.05) is 23.9 Å². The van der Waals surface area contributed by atoms with Crippen LogP contribution < -0.4 is 10.5 Å². The molecule has 1 saturated carbocycles. The molecule has 1 aliphatic rings. The number of hydrogen-bond donors (Lipinski definition) is 1. The zero-order chi connectivity index (χ0) is 18.7. The third kappa shape index (κ3) is 3.49. The number of hydrogen-bond acceptors (Lipinski definition) is 7. The van der Waals surface area contributed by atoms with E-state index in [1.54, 1.807) is 31.4 Å². The SMILES string of the molecule is COc1ccc(-c2c(C#N)c(N)nc(SCC(=O)C3CC3)c2C#N)cc1. The minimum atomic E-state index is 0.0543. The van der Waals surface area contributed by atoms with Crippen molar-refractivity contribution in [1.82, 2.24) is 4.98 Å². The standard InChI is InChI=1S/C19H16N4O2S/c1-25-13-6-4-12(5-7-13)17-14(8-20)18(22)23-19(15(17)9-21)26-10-16(24)11-2-3-11/h4-7,11H,2-3,10H2,1H3,(H2,22,23). The lowest BCUT2D eigenvalue weighted by Gasteiger charge is -2.13. The van der Waals surface area contributed by atoms with Gasteiger partial charge in [-0.25, -0.2) is 4.98 Å². The van der Waals surface area contributed by atoms with Crippen LogP contribution in [0.15, 0.2) is 29.3 Å². The van der Waals surface area contributed by atoms with E-state index >= 15 is 0 Å². The summed E-state index contributed by atoms with van der Waals surface area (Å²) in [6.45, 7) is 0. The number of anilines is 1. The lowest BCUT2D eigenvalue weighted by atomic mass is 9.97. The van der Waals surface area contributed by atoms with Crippen molar-refractivity contribution in [2.45, 2.75) is 17.9 Å². The van der Waals surface area contributed by atoms with E-state index in [-0.39, 0.29) is 34.4 Å². The average molecular weight is 364 g/mol. The molecule has 0 unspecified atom stereocenters. The van der Waals surface area contributed by atoms with Gasteiger partial charge in [-0.3, -0.25) is 4.79 Å². The zero-order valence-electron chi connectivity index (χ0n) is 14.2. The molecule has 1 heterocycles. The molecular formula is C19H16N4O2S. The van der Waals surface area contributed by atoms with Gasteiger partial charge in [0.15, 0.2) is 0 Å². The summed E-state index contributed by atoms with van der Waals surface area (Å²) < 4.78 is 5.15. The molecule has 2 N–H and O–H groups in total. The van der Waals surface area contributed by atoms with E-state index in [1.165, 1.54) is 11.8 Å². The normalized spacial score (nSPS) is 12.9. The van der Waals surface area contributed by atoms with Gasteiger partial charge >= 0.3 is 0 Å². The Hall–Kier alpha value is -3.03. The van der Waals surface area contributed by atoms with Crippen LogP contribution in [0.5, 0.6) is 5.75 Å². The number of Topliss-reactive ketones (excluding diaryl/α,β-unsaturated/α-hetero) is 1. The van der Waals surface area contributed by atoms with Gasteiger partial charge in [0.1, 0.15) is 40.1 Å². The number of methoxy groups -OCH3 is 1. The van der Waals surface area contributed by atoms with Crippen LogP contribution >= 0.6 is 11.8 Å². The second-order valence-corrected chi connectivity index (χ2v) is 6.87. The Morgan fingerprint density at radius 2 is 1.92 bits per heavy atom. The van der Waals surface area contributed by atoms with E-state index in [9.17, 15) is 15.3 Å². The molecule has 0 amide bonds. The first kappa shape index (κ1) is 17.8. The number of ketones is 1. The molecule has 3 rings (SSSR count). The van der Waals surface area contributed by atoms with Crippen molar-refractivity contribution in [1.29, 1.82) is 10.5 Å². The molecular weight excluding hydrogens is 348 g/mol. The van der Waals surface area contributed by atoms with E-state index < -0.39 is 0 Å². The summed E-state index contributed by atoms with van der Waals surface area (Å²) in [5.41, 5.74) is 7.48. The highest BCUT2D eigenvalue weighted by Gasteiger charge is 2.30. The maximum Gasteiger partial charge on any atom is 0.146 e. The summed E-state index contributed by atoms with van der Waals surface area (Å²) in [5, 5.41) is 19.6. The first-order valence-electron chi connectivity index (χ1n) is 8.02. The summed E-state index contributed by atoms with van der Waals surface area (Å²) in [6.07, 6.45) is 1.87. The molecule has 1 fully saturated rings. The smallest absolute Gasteiger partial charge is 0.146 e. The number of nitrogen functional groups attached to an aromatic ring is 1. The Labute approximate surface area is 155 Å². The molecule has 130 valence electrons. The van der Waals surface area contributed by atoms with Crippen LogP contribution in [0.1, 0.15) is 24.0 Å². The molecule has 1 aromatic carbocycles. The third-order valence-corrected chi connectivity index (χ3v) is 5.18. The molecule has 0 atom stereocenters. The fourth-order valence-corrected chi connectivity index (χ4v) is 3.58. The van der Waals surface area contributed by atoms with Crippen molar-refractivity contribution in [2.24, 2.45) is 5.92 Å². The van der Waals surface area contributed by atoms with E-state index in [1.807, 2.05) is 6.07 Å². The second-order valence-electron chi connectivity index (χ2n) is 5.91. The highest BCUT2D eigenvalue weighted by atomic mass is 32.2. The summed E-state index contributed by atoms with van der Waals surface area (Å²) >= 11 is 1.20. The quantitative estimate of drug-likeness (QED) is 0.783. The predicted molar refractivity (Wildman–Crippen MR) is 98.5 cm³/mol. The number of pyridine rings is 1. The minimum absolute atomic E-state index is 0.0543. The Morgan fingerprint density at radius 1 is 1.27 bits per heavy atom.